The lowest BCUT2D eigenvalue weighted by molar-refractivity contribution is -0.253. The highest BCUT2D eigenvalue weighted by atomic mass is 35.5. The second-order valence-corrected chi connectivity index (χ2v) is 12.1. The molecule has 6 rings (SSSR count). The number of carbonyl (C=O) groups is 2. The van der Waals surface area contributed by atoms with E-state index < -0.39 is 11.9 Å². The SMILES string of the molecule is O=C(O)c1ccc(-c2ccccc2)cc1C(=O)Nc1ccc(-c2ccc(NOCc3cc(-c4ccccc4)ccc3COO)c(Cl)c2)cc1Cl. The van der Waals surface area contributed by atoms with Gasteiger partial charge in [0.2, 0.25) is 0 Å². The summed E-state index contributed by atoms with van der Waals surface area (Å²) in [6.45, 7) is 0.184. The van der Waals surface area contributed by atoms with Gasteiger partial charge in [-0.25, -0.2) is 9.68 Å². The van der Waals surface area contributed by atoms with Gasteiger partial charge in [-0.1, -0.05) is 114 Å². The van der Waals surface area contributed by atoms with Crippen LogP contribution in [-0.2, 0) is 22.9 Å². The molecule has 0 aliphatic rings. The van der Waals surface area contributed by atoms with Gasteiger partial charge < -0.3 is 10.4 Å². The lowest BCUT2D eigenvalue weighted by Crippen LogP contribution is -2.17. The molecule has 0 spiro atoms. The van der Waals surface area contributed by atoms with E-state index in [0.29, 0.717) is 22.0 Å². The van der Waals surface area contributed by atoms with E-state index in [0.717, 1.165) is 38.9 Å². The molecule has 0 heterocycles. The zero-order chi connectivity index (χ0) is 35.0. The van der Waals surface area contributed by atoms with Crippen LogP contribution in [0.2, 0.25) is 10.0 Å². The Labute approximate surface area is 298 Å². The fourth-order valence-electron chi connectivity index (χ4n) is 5.46. The van der Waals surface area contributed by atoms with Crippen LogP contribution in [0.25, 0.3) is 33.4 Å². The van der Waals surface area contributed by atoms with Crippen molar-refractivity contribution in [3.63, 3.8) is 0 Å². The Bertz CT molecular complexity index is 2160. The molecule has 1 amide bonds. The first-order chi connectivity index (χ1) is 24.3. The van der Waals surface area contributed by atoms with Crippen molar-refractivity contribution in [3.8, 4) is 33.4 Å². The molecule has 6 aromatic rings. The monoisotopic (exact) mass is 704 g/mol. The van der Waals surface area contributed by atoms with Gasteiger partial charge in [0, 0.05) is 0 Å². The number of benzene rings is 6. The molecule has 10 heteroatoms. The second kappa shape index (κ2) is 15.8. The fourth-order valence-corrected chi connectivity index (χ4v) is 5.91. The van der Waals surface area contributed by atoms with Crippen LogP contribution < -0.4 is 10.8 Å². The number of carbonyl (C=O) groups excluding carboxylic acids is 1. The van der Waals surface area contributed by atoms with Crippen molar-refractivity contribution in [2.75, 3.05) is 10.8 Å². The quantitative estimate of drug-likeness (QED) is 0.0740. The van der Waals surface area contributed by atoms with Gasteiger partial charge >= 0.3 is 5.97 Å². The lowest BCUT2D eigenvalue weighted by atomic mass is 9.98. The number of rotatable bonds is 12. The van der Waals surface area contributed by atoms with Gasteiger partial charge in [-0.2, -0.15) is 0 Å². The van der Waals surface area contributed by atoms with Crippen LogP contribution in [0.4, 0.5) is 11.4 Å². The maximum atomic E-state index is 13.3. The highest BCUT2D eigenvalue weighted by Gasteiger charge is 2.19. The predicted octanol–water partition coefficient (Wildman–Crippen LogP) is 10.5. The number of anilines is 2. The summed E-state index contributed by atoms with van der Waals surface area (Å²) in [5, 5.41) is 22.2. The third-order valence-corrected chi connectivity index (χ3v) is 8.69. The Morgan fingerprint density at radius 1 is 0.560 bits per heavy atom. The first-order valence-corrected chi connectivity index (χ1v) is 16.2. The molecule has 0 atom stereocenters. The molecular weight excluding hydrogens is 675 g/mol. The van der Waals surface area contributed by atoms with Gasteiger partial charge in [0.1, 0.15) is 13.2 Å². The molecular formula is C40H30Cl2N2O6. The highest BCUT2D eigenvalue weighted by Crippen LogP contribution is 2.34. The normalized spacial score (nSPS) is 10.9. The predicted molar refractivity (Wildman–Crippen MR) is 196 cm³/mol. The smallest absolute Gasteiger partial charge is 0.336 e. The third kappa shape index (κ3) is 8.03. The van der Waals surface area contributed by atoms with E-state index in [1.807, 2.05) is 84.9 Å². The summed E-state index contributed by atoms with van der Waals surface area (Å²) in [7, 11) is 0. The van der Waals surface area contributed by atoms with E-state index in [9.17, 15) is 14.7 Å². The Morgan fingerprint density at radius 3 is 1.68 bits per heavy atom. The summed E-state index contributed by atoms with van der Waals surface area (Å²) in [6.07, 6.45) is 0. The third-order valence-electron chi connectivity index (χ3n) is 8.06. The average molecular weight is 706 g/mol. The maximum absolute atomic E-state index is 13.3. The molecule has 8 nitrogen and oxygen atoms in total. The Kier molecular flexibility index (Phi) is 10.9. The van der Waals surface area contributed by atoms with Gasteiger partial charge in [-0.05, 0) is 87.0 Å². The Morgan fingerprint density at radius 2 is 1.10 bits per heavy atom. The van der Waals surface area contributed by atoms with Crippen molar-refractivity contribution in [3.05, 3.63) is 166 Å². The molecule has 4 N–H and O–H groups in total. The number of amides is 1. The molecule has 0 unspecified atom stereocenters. The highest BCUT2D eigenvalue weighted by molar-refractivity contribution is 6.34. The molecule has 50 heavy (non-hydrogen) atoms. The molecule has 250 valence electrons. The summed E-state index contributed by atoms with van der Waals surface area (Å²) in [4.78, 5) is 35.5. The largest absolute Gasteiger partial charge is 0.478 e. The molecule has 0 bridgehead atoms. The standard InChI is InChI=1S/C40H30Cl2N2O6/c41-35-21-29(14-17-37(35)43-39(45)34-20-28(13-16-33(34)40(46)47)26-9-5-2-6-10-26)30-15-18-38(36(42)22-30)44-49-23-32-19-27(11-12-31(32)24-50-48)25-7-3-1-4-8-25/h1-22,44,48H,23-24H2,(H,43,45)(H,46,47). The number of hydrogen-bond donors (Lipinski definition) is 4. The Balaban J connectivity index is 1.14. The molecule has 0 saturated heterocycles. The van der Waals surface area contributed by atoms with E-state index in [4.69, 9.17) is 33.3 Å². The molecule has 0 aliphatic carbocycles. The number of halogens is 2. The topological polar surface area (TPSA) is 117 Å². The Hall–Kier alpha value is -5.48. The van der Waals surface area contributed by atoms with Gasteiger partial charge in [0.25, 0.3) is 5.91 Å². The van der Waals surface area contributed by atoms with Crippen LogP contribution in [0.3, 0.4) is 0 Å². The molecule has 0 radical (unpaired) electrons. The molecule has 6 aromatic carbocycles. The minimum Gasteiger partial charge on any atom is -0.478 e. The second-order valence-electron chi connectivity index (χ2n) is 11.3. The zero-order valence-electron chi connectivity index (χ0n) is 26.4. The number of aromatic carboxylic acids is 1. The summed E-state index contributed by atoms with van der Waals surface area (Å²) in [5.41, 5.74) is 10.4. The first kappa shape index (κ1) is 34.4. The van der Waals surface area contributed by atoms with E-state index in [1.165, 1.54) is 6.07 Å². The van der Waals surface area contributed by atoms with Gasteiger partial charge in [0.15, 0.2) is 0 Å². The van der Waals surface area contributed by atoms with Gasteiger partial charge in [0.05, 0.1) is 32.5 Å². The number of hydrogen-bond acceptors (Lipinski definition) is 6. The summed E-state index contributed by atoms with van der Waals surface area (Å²) < 4.78 is 0. The zero-order valence-corrected chi connectivity index (χ0v) is 27.9. The average Bonchev–Trinajstić information content (AvgIpc) is 3.14. The minimum absolute atomic E-state index is 0.0120. The van der Waals surface area contributed by atoms with Crippen molar-refractivity contribution in [2.45, 2.75) is 13.2 Å². The summed E-state index contributed by atoms with van der Waals surface area (Å²) in [5.74, 6) is -1.81. The number of carboxylic acids is 1. The van der Waals surface area contributed by atoms with Crippen LogP contribution in [-0.4, -0.2) is 22.2 Å². The summed E-state index contributed by atoms with van der Waals surface area (Å²) in [6, 6.07) is 40.3. The molecule has 0 aliphatic heterocycles. The lowest BCUT2D eigenvalue weighted by Gasteiger charge is -2.14. The van der Waals surface area contributed by atoms with E-state index in [-0.39, 0.29) is 29.4 Å². The molecule has 0 aromatic heterocycles. The van der Waals surface area contributed by atoms with Crippen molar-refractivity contribution in [1.82, 2.24) is 0 Å². The maximum Gasteiger partial charge on any atom is 0.336 e. The molecule has 0 fully saturated rings. The van der Waals surface area contributed by atoms with Crippen LogP contribution in [0, 0.1) is 0 Å². The van der Waals surface area contributed by atoms with E-state index >= 15 is 0 Å². The van der Waals surface area contributed by atoms with Crippen LogP contribution in [0.1, 0.15) is 31.8 Å². The summed E-state index contributed by atoms with van der Waals surface area (Å²) >= 11 is 13.2. The number of nitrogens with one attached hydrogen (secondary N) is 2. The minimum atomic E-state index is -1.21. The van der Waals surface area contributed by atoms with Crippen LogP contribution in [0.5, 0.6) is 0 Å². The van der Waals surface area contributed by atoms with Crippen molar-refractivity contribution in [2.24, 2.45) is 0 Å². The first-order valence-electron chi connectivity index (χ1n) is 15.5. The molecule has 0 saturated carbocycles. The van der Waals surface area contributed by atoms with Crippen LogP contribution >= 0.6 is 23.2 Å². The van der Waals surface area contributed by atoms with E-state index in [1.54, 1.807) is 42.5 Å². The van der Waals surface area contributed by atoms with Crippen LogP contribution in [0.15, 0.2) is 133 Å². The fraction of sp³-hybridized carbons (Fsp3) is 0.0500. The van der Waals surface area contributed by atoms with Gasteiger partial charge in [-0.15, -0.1) is 0 Å². The van der Waals surface area contributed by atoms with Crippen molar-refractivity contribution in [1.29, 1.82) is 0 Å². The van der Waals surface area contributed by atoms with Crippen molar-refractivity contribution < 1.29 is 29.7 Å². The van der Waals surface area contributed by atoms with Gasteiger partial charge in [-0.3, -0.25) is 20.4 Å². The van der Waals surface area contributed by atoms with E-state index in [2.05, 4.69) is 15.7 Å². The van der Waals surface area contributed by atoms with Crippen molar-refractivity contribution >= 4 is 46.5 Å². The number of carboxylic acid groups (broad SMARTS) is 1.